The molecule has 0 aromatic heterocycles. The summed E-state index contributed by atoms with van der Waals surface area (Å²) in [5.41, 5.74) is 7.10. The summed E-state index contributed by atoms with van der Waals surface area (Å²) >= 11 is 6.10. The number of hydrogen-bond donors (Lipinski definition) is 1. The highest BCUT2D eigenvalue weighted by Crippen LogP contribution is 2.23. The average Bonchev–Trinajstić information content (AvgIpc) is 2.96. The number of hydrazine groups is 1. The number of piperazine rings is 1. The maximum Gasteiger partial charge on any atom is 0.245 e. The standard InChI is InChI=1S/C30H49ClN6O3/c1-6-27(32)29(39)36(7-2)28(20-24-8-10-25(31)11-9-24)30(40)34-16-18-35(19-17-34)37(21-22(3)4)26-12-14-33(15-13-26)23(5)38/h8-11,22,26-28H,6-7,12-21,32H2,1-5H3/t27?,28-/m1/s1. The second-order valence-corrected chi connectivity index (χ2v) is 12.0. The summed E-state index contributed by atoms with van der Waals surface area (Å²) in [6.07, 6.45) is 2.85. The zero-order valence-electron chi connectivity index (χ0n) is 25.0. The molecule has 3 amide bonds. The molecule has 2 heterocycles. The molecule has 1 aromatic rings. The molecule has 2 aliphatic heterocycles. The molecule has 10 heteroatoms. The van der Waals surface area contributed by atoms with Crippen molar-refractivity contribution in [3.8, 4) is 0 Å². The highest BCUT2D eigenvalue weighted by Gasteiger charge is 2.37. The van der Waals surface area contributed by atoms with E-state index in [1.54, 1.807) is 11.8 Å². The average molecular weight is 577 g/mol. The molecule has 0 radical (unpaired) electrons. The third kappa shape index (κ3) is 8.41. The number of likely N-dealkylation sites (N-methyl/N-ethyl adjacent to an activating group) is 1. The van der Waals surface area contributed by atoms with E-state index in [9.17, 15) is 14.4 Å². The van der Waals surface area contributed by atoms with Crippen molar-refractivity contribution in [2.24, 2.45) is 11.7 Å². The number of amides is 3. The van der Waals surface area contributed by atoms with E-state index in [2.05, 4.69) is 23.9 Å². The zero-order valence-corrected chi connectivity index (χ0v) is 25.8. The van der Waals surface area contributed by atoms with Gasteiger partial charge in [0.15, 0.2) is 0 Å². The van der Waals surface area contributed by atoms with Crippen LogP contribution in [0.5, 0.6) is 0 Å². The van der Waals surface area contributed by atoms with Gasteiger partial charge in [-0.2, -0.15) is 0 Å². The van der Waals surface area contributed by atoms with Crippen molar-refractivity contribution in [1.82, 2.24) is 24.7 Å². The summed E-state index contributed by atoms with van der Waals surface area (Å²) in [6, 6.07) is 6.61. The number of likely N-dealkylation sites (tertiary alicyclic amines) is 1. The van der Waals surface area contributed by atoms with Crippen molar-refractivity contribution in [2.45, 2.75) is 78.4 Å². The van der Waals surface area contributed by atoms with Crippen molar-refractivity contribution >= 4 is 29.3 Å². The molecular weight excluding hydrogens is 528 g/mol. The third-order valence-corrected chi connectivity index (χ3v) is 8.45. The van der Waals surface area contributed by atoms with Gasteiger partial charge in [0.1, 0.15) is 6.04 Å². The van der Waals surface area contributed by atoms with Crippen molar-refractivity contribution in [3.05, 3.63) is 34.9 Å². The van der Waals surface area contributed by atoms with Gasteiger partial charge in [-0.1, -0.05) is 44.5 Å². The van der Waals surface area contributed by atoms with Crippen molar-refractivity contribution < 1.29 is 14.4 Å². The Morgan fingerprint density at radius 3 is 2.08 bits per heavy atom. The molecule has 1 unspecified atom stereocenters. The van der Waals surface area contributed by atoms with Crippen LogP contribution in [0.4, 0.5) is 0 Å². The summed E-state index contributed by atoms with van der Waals surface area (Å²) in [5.74, 6) is 0.434. The molecular formula is C30H49ClN6O3. The molecule has 2 N–H and O–H groups in total. The fourth-order valence-corrected chi connectivity index (χ4v) is 5.95. The van der Waals surface area contributed by atoms with E-state index >= 15 is 0 Å². The molecule has 2 saturated heterocycles. The van der Waals surface area contributed by atoms with Crippen LogP contribution < -0.4 is 5.73 Å². The summed E-state index contributed by atoms with van der Waals surface area (Å²) in [5, 5.41) is 5.54. The Balaban J connectivity index is 1.73. The molecule has 2 atom stereocenters. The van der Waals surface area contributed by atoms with Crippen LogP contribution in [-0.4, -0.2) is 113 Å². The third-order valence-electron chi connectivity index (χ3n) is 8.20. The topological polar surface area (TPSA) is 93.4 Å². The molecule has 3 rings (SSSR count). The lowest BCUT2D eigenvalue weighted by Gasteiger charge is -2.48. The van der Waals surface area contributed by atoms with Gasteiger partial charge in [-0.3, -0.25) is 14.4 Å². The van der Waals surface area contributed by atoms with Gasteiger partial charge in [0.25, 0.3) is 0 Å². The number of hydrogen-bond acceptors (Lipinski definition) is 6. The number of carbonyl (C=O) groups is 3. The second-order valence-electron chi connectivity index (χ2n) is 11.5. The minimum absolute atomic E-state index is 0.0294. The SMILES string of the molecule is CCC(N)C(=O)N(CC)[C@H](Cc1ccc(Cl)cc1)C(=O)N1CCN(N(CC(C)C)C2CCN(C(C)=O)CC2)CC1. The van der Waals surface area contributed by atoms with Gasteiger partial charge in [0, 0.05) is 76.8 Å². The van der Waals surface area contributed by atoms with Crippen LogP contribution in [0, 0.1) is 5.92 Å². The maximum atomic E-state index is 14.0. The van der Waals surface area contributed by atoms with Gasteiger partial charge in [-0.05, 0) is 49.8 Å². The fraction of sp³-hybridized carbons (Fsp3) is 0.700. The Bertz CT molecular complexity index is 974. The van der Waals surface area contributed by atoms with E-state index in [0.717, 1.165) is 51.1 Å². The van der Waals surface area contributed by atoms with Crippen molar-refractivity contribution in [1.29, 1.82) is 0 Å². The van der Waals surface area contributed by atoms with E-state index in [-0.39, 0.29) is 17.7 Å². The Morgan fingerprint density at radius 2 is 1.57 bits per heavy atom. The number of benzene rings is 1. The lowest BCUT2D eigenvalue weighted by Crippen LogP contribution is -2.62. The van der Waals surface area contributed by atoms with Gasteiger partial charge >= 0.3 is 0 Å². The molecule has 0 bridgehead atoms. The Labute approximate surface area is 245 Å². The molecule has 0 aliphatic carbocycles. The minimum Gasteiger partial charge on any atom is -0.343 e. The lowest BCUT2D eigenvalue weighted by atomic mass is 10.0. The largest absolute Gasteiger partial charge is 0.343 e. The van der Waals surface area contributed by atoms with Gasteiger partial charge in [0.05, 0.1) is 6.04 Å². The van der Waals surface area contributed by atoms with Crippen LogP contribution in [0.15, 0.2) is 24.3 Å². The highest BCUT2D eigenvalue weighted by atomic mass is 35.5. The zero-order chi connectivity index (χ0) is 29.4. The Hall–Kier alpha value is -2.20. The fourth-order valence-electron chi connectivity index (χ4n) is 5.82. The molecule has 0 saturated carbocycles. The first-order valence-corrected chi connectivity index (χ1v) is 15.3. The summed E-state index contributed by atoms with van der Waals surface area (Å²) in [7, 11) is 0. The van der Waals surface area contributed by atoms with Gasteiger partial charge in [-0.25, -0.2) is 10.0 Å². The molecule has 1 aromatic carbocycles. The molecule has 40 heavy (non-hydrogen) atoms. The van der Waals surface area contributed by atoms with Crippen molar-refractivity contribution in [3.63, 3.8) is 0 Å². The number of halogens is 1. The molecule has 9 nitrogen and oxygen atoms in total. The first-order valence-electron chi connectivity index (χ1n) is 14.9. The Morgan fingerprint density at radius 1 is 0.975 bits per heavy atom. The van der Waals surface area contributed by atoms with E-state index in [1.165, 1.54) is 0 Å². The molecule has 2 fully saturated rings. The van der Waals surface area contributed by atoms with Gasteiger partial charge in [0.2, 0.25) is 17.7 Å². The smallest absolute Gasteiger partial charge is 0.245 e. The Kier molecular flexibility index (Phi) is 12.2. The van der Waals surface area contributed by atoms with Gasteiger partial charge < -0.3 is 20.4 Å². The van der Waals surface area contributed by atoms with E-state index in [0.29, 0.717) is 49.5 Å². The van der Waals surface area contributed by atoms with Crippen LogP contribution in [0.25, 0.3) is 0 Å². The van der Waals surface area contributed by atoms with Crippen LogP contribution in [0.1, 0.15) is 59.4 Å². The van der Waals surface area contributed by atoms with E-state index in [1.807, 2.05) is 47.9 Å². The monoisotopic (exact) mass is 576 g/mol. The maximum absolute atomic E-state index is 14.0. The second kappa shape index (κ2) is 15.1. The predicted molar refractivity (Wildman–Crippen MR) is 160 cm³/mol. The lowest BCUT2D eigenvalue weighted by molar-refractivity contribution is -0.152. The highest BCUT2D eigenvalue weighted by molar-refractivity contribution is 6.30. The molecule has 224 valence electrons. The van der Waals surface area contributed by atoms with Crippen LogP contribution in [-0.2, 0) is 20.8 Å². The van der Waals surface area contributed by atoms with Crippen LogP contribution >= 0.6 is 11.6 Å². The van der Waals surface area contributed by atoms with E-state index in [4.69, 9.17) is 17.3 Å². The van der Waals surface area contributed by atoms with E-state index < -0.39 is 12.1 Å². The summed E-state index contributed by atoms with van der Waals surface area (Å²) < 4.78 is 0. The number of nitrogens with two attached hydrogens (primary N) is 1. The first-order chi connectivity index (χ1) is 19.0. The summed E-state index contributed by atoms with van der Waals surface area (Å²) in [4.78, 5) is 44.6. The van der Waals surface area contributed by atoms with Crippen molar-refractivity contribution in [2.75, 3.05) is 52.4 Å². The molecule has 2 aliphatic rings. The quantitative estimate of drug-likeness (QED) is 0.435. The number of rotatable bonds is 11. The molecule has 0 spiro atoms. The number of carbonyl (C=O) groups excluding carboxylic acids is 3. The normalized spacial score (nSPS) is 18.7. The van der Waals surface area contributed by atoms with Crippen LogP contribution in [0.2, 0.25) is 5.02 Å². The minimum atomic E-state index is -0.628. The van der Waals surface area contributed by atoms with Crippen LogP contribution in [0.3, 0.4) is 0 Å². The summed E-state index contributed by atoms with van der Waals surface area (Å²) in [6.45, 7) is 15.5. The predicted octanol–water partition coefficient (Wildman–Crippen LogP) is 2.87. The number of nitrogens with zero attached hydrogens (tertiary/aromatic N) is 5. The first kappa shape index (κ1) is 32.3. The number of piperidine rings is 1. The van der Waals surface area contributed by atoms with Gasteiger partial charge in [-0.15, -0.1) is 0 Å².